The molecule has 2 rings (SSSR count). The summed E-state index contributed by atoms with van der Waals surface area (Å²) < 4.78 is 40.4. The second kappa shape index (κ2) is 9.37. The number of halogens is 3. The normalized spacial score (nSPS) is 20.6. The smallest absolute Gasteiger partial charge is 0.142 e. The van der Waals surface area contributed by atoms with E-state index < -0.39 is 11.6 Å². The molecule has 0 amide bonds. The van der Waals surface area contributed by atoms with Crippen molar-refractivity contribution in [2.75, 3.05) is 0 Å². The molecule has 1 aliphatic carbocycles. The first kappa shape index (κ1) is 18.4. The van der Waals surface area contributed by atoms with E-state index >= 15 is 0 Å². The Bertz CT molecular complexity index is 618. The van der Waals surface area contributed by atoms with E-state index in [0.29, 0.717) is 18.3 Å². The number of rotatable bonds is 5. The largest absolute Gasteiger partial charge is 0.216 e. The van der Waals surface area contributed by atoms with Crippen molar-refractivity contribution >= 4 is 0 Å². The molecule has 24 heavy (non-hydrogen) atoms. The molecule has 0 nitrogen and oxygen atoms in total. The highest BCUT2D eigenvalue weighted by Crippen LogP contribution is 2.29. The quantitative estimate of drug-likeness (QED) is 0.346. The van der Waals surface area contributed by atoms with Gasteiger partial charge in [0, 0.05) is 5.92 Å². The Balaban J connectivity index is 2.02. The predicted molar refractivity (Wildman–Crippen MR) is 92.1 cm³/mol. The topological polar surface area (TPSA) is 0 Å². The van der Waals surface area contributed by atoms with E-state index in [0.717, 1.165) is 38.5 Å². The van der Waals surface area contributed by atoms with Crippen LogP contribution in [0, 0.1) is 35.3 Å². The molecule has 0 atom stereocenters. The third-order valence-electron chi connectivity index (χ3n) is 4.49. The standard InChI is InChI=1S/C21H23F3/c1-2-3-4-5-18-14-20(23)19(21(24)15-18)11-10-16-6-8-17(9-7-16)12-13-22/h2,12-17H,1,3-9H2. The van der Waals surface area contributed by atoms with E-state index in [2.05, 4.69) is 18.4 Å². The van der Waals surface area contributed by atoms with E-state index in [9.17, 15) is 13.2 Å². The van der Waals surface area contributed by atoms with Crippen molar-refractivity contribution in [3.63, 3.8) is 0 Å². The van der Waals surface area contributed by atoms with Crippen molar-refractivity contribution in [1.82, 2.24) is 0 Å². The lowest BCUT2D eigenvalue weighted by molar-refractivity contribution is 0.362. The molecule has 128 valence electrons. The molecule has 1 aromatic rings. The van der Waals surface area contributed by atoms with Gasteiger partial charge in [-0.2, -0.15) is 0 Å². The molecule has 0 radical (unpaired) electrons. The van der Waals surface area contributed by atoms with E-state index in [-0.39, 0.29) is 17.4 Å². The van der Waals surface area contributed by atoms with E-state index in [1.54, 1.807) is 12.2 Å². The van der Waals surface area contributed by atoms with Gasteiger partial charge in [-0.3, -0.25) is 0 Å². The highest BCUT2D eigenvalue weighted by atomic mass is 19.1. The van der Waals surface area contributed by atoms with Crippen molar-refractivity contribution in [1.29, 1.82) is 0 Å². The lowest BCUT2D eigenvalue weighted by Gasteiger charge is -2.22. The molecule has 3 heteroatoms. The van der Waals surface area contributed by atoms with E-state index in [4.69, 9.17) is 0 Å². The first-order valence-corrected chi connectivity index (χ1v) is 8.51. The summed E-state index contributed by atoms with van der Waals surface area (Å²) in [5.74, 6) is 4.88. The fourth-order valence-corrected chi connectivity index (χ4v) is 3.07. The molecular formula is C21H23F3. The third kappa shape index (κ3) is 5.30. The van der Waals surface area contributed by atoms with Crippen molar-refractivity contribution in [2.45, 2.75) is 44.9 Å². The van der Waals surface area contributed by atoms with Crippen LogP contribution >= 0.6 is 0 Å². The van der Waals surface area contributed by atoms with Crippen LogP contribution in [0.5, 0.6) is 0 Å². The number of hydrogen-bond donors (Lipinski definition) is 0. The van der Waals surface area contributed by atoms with E-state index in [1.807, 2.05) is 0 Å². The molecule has 1 saturated carbocycles. The minimum atomic E-state index is -0.592. The number of allylic oxidation sites excluding steroid dienone is 2. The van der Waals surface area contributed by atoms with Crippen LogP contribution in [0.1, 0.15) is 49.7 Å². The number of hydrogen-bond acceptors (Lipinski definition) is 0. The second-order valence-corrected chi connectivity index (χ2v) is 6.31. The maximum absolute atomic E-state index is 14.1. The maximum Gasteiger partial charge on any atom is 0.142 e. The van der Waals surface area contributed by atoms with Gasteiger partial charge in [0.25, 0.3) is 0 Å². The second-order valence-electron chi connectivity index (χ2n) is 6.31. The Kier molecular flexibility index (Phi) is 7.18. The van der Waals surface area contributed by atoms with Crippen LogP contribution in [0.25, 0.3) is 0 Å². The van der Waals surface area contributed by atoms with Crippen LogP contribution in [0.15, 0.2) is 37.2 Å². The average Bonchev–Trinajstić information content (AvgIpc) is 2.56. The Hall–Kier alpha value is -1.95. The molecule has 1 aliphatic rings. The molecule has 0 aromatic heterocycles. The summed E-state index contributed by atoms with van der Waals surface area (Å²) in [4.78, 5) is 0. The summed E-state index contributed by atoms with van der Waals surface area (Å²) in [5.41, 5.74) is 0.504. The van der Waals surface area contributed by atoms with Gasteiger partial charge in [-0.15, -0.1) is 6.58 Å². The molecular weight excluding hydrogens is 309 g/mol. The van der Waals surface area contributed by atoms with Crippen LogP contribution in [-0.4, -0.2) is 0 Å². The van der Waals surface area contributed by atoms with Crippen molar-refractivity contribution < 1.29 is 13.2 Å². The summed E-state index contributed by atoms with van der Waals surface area (Å²) >= 11 is 0. The lowest BCUT2D eigenvalue weighted by Crippen LogP contribution is -2.11. The summed E-state index contributed by atoms with van der Waals surface area (Å²) in [6.45, 7) is 3.64. The SMILES string of the molecule is C=CCCCc1cc(F)c(C#CC2CCC(C=CF)CC2)c(F)c1. The zero-order valence-corrected chi connectivity index (χ0v) is 13.8. The highest BCUT2D eigenvalue weighted by Gasteiger charge is 2.18. The zero-order chi connectivity index (χ0) is 17.4. The van der Waals surface area contributed by atoms with Crippen LogP contribution in [0.3, 0.4) is 0 Å². The Morgan fingerprint density at radius 2 is 1.79 bits per heavy atom. The minimum Gasteiger partial charge on any atom is -0.216 e. The highest BCUT2D eigenvalue weighted by molar-refractivity contribution is 5.39. The summed E-state index contributed by atoms with van der Waals surface area (Å²) in [5, 5.41) is 0. The van der Waals surface area contributed by atoms with Crippen molar-refractivity contribution in [3.05, 3.63) is 60.0 Å². The fraction of sp³-hybridized carbons (Fsp3) is 0.429. The maximum atomic E-state index is 14.1. The van der Waals surface area contributed by atoms with Crippen LogP contribution in [-0.2, 0) is 6.42 Å². The van der Waals surface area contributed by atoms with Gasteiger partial charge in [0.05, 0.1) is 11.9 Å². The minimum absolute atomic E-state index is 0.125. The third-order valence-corrected chi connectivity index (χ3v) is 4.49. The Labute approximate surface area is 142 Å². The Morgan fingerprint density at radius 1 is 1.12 bits per heavy atom. The number of benzene rings is 1. The first-order chi connectivity index (χ1) is 11.6. The molecule has 0 heterocycles. The number of unbranched alkanes of at least 4 members (excludes halogenated alkanes) is 1. The fourth-order valence-electron chi connectivity index (χ4n) is 3.07. The van der Waals surface area contributed by atoms with Crippen molar-refractivity contribution in [2.24, 2.45) is 11.8 Å². The van der Waals surface area contributed by atoms with Crippen molar-refractivity contribution in [3.8, 4) is 11.8 Å². The Morgan fingerprint density at radius 3 is 2.38 bits per heavy atom. The average molecular weight is 332 g/mol. The van der Waals surface area contributed by atoms with Gasteiger partial charge in [-0.05, 0) is 68.6 Å². The van der Waals surface area contributed by atoms with Gasteiger partial charge in [0.1, 0.15) is 11.6 Å². The van der Waals surface area contributed by atoms with Gasteiger partial charge in [0.2, 0.25) is 0 Å². The summed E-state index contributed by atoms with van der Waals surface area (Å²) in [6, 6.07) is 2.75. The van der Waals surface area contributed by atoms with E-state index in [1.165, 1.54) is 12.1 Å². The molecule has 1 fully saturated rings. The van der Waals surface area contributed by atoms with Crippen LogP contribution in [0.2, 0.25) is 0 Å². The summed E-state index contributed by atoms with van der Waals surface area (Å²) in [6.07, 6.45) is 9.65. The lowest BCUT2D eigenvalue weighted by atomic mass is 9.82. The van der Waals surface area contributed by atoms with Gasteiger partial charge >= 0.3 is 0 Å². The van der Waals surface area contributed by atoms with Gasteiger partial charge < -0.3 is 0 Å². The molecule has 0 saturated heterocycles. The molecule has 0 aliphatic heterocycles. The van der Waals surface area contributed by atoms with Crippen LogP contribution < -0.4 is 0 Å². The molecule has 0 spiro atoms. The number of aryl methyl sites for hydroxylation is 1. The molecule has 0 bridgehead atoms. The first-order valence-electron chi connectivity index (χ1n) is 8.51. The van der Waals surface area contributed by atoms with Gasteiger partial charge in [0.15, 0.2) is 0 Å². The monoisotopic (exact) mass is 332 g/mol. The molecule has 0 unspecified atom stereocenters. The van der Waals surface area contributed by atoms with Gasteiger partial charge in [-0.1, -0.05) is 24.0 Å². The van der Waals surface area contributed by atoms with Gasteiger partial charge in [-0.25, -0.2) is 13.2 Å². The molecule has 1 aromatic carbocycles. The van der Waals surface area contributed by atoms with Crippen LogP contribution in [0.4, 0.5) is 13.2 Å². The summed E-state index contributed by atoms with van der Waals surface area (Å²) in [7, 11) is 0. The predicted octanol–water partition coefficient (Wildman–Crippen LogP) is 6.11. The molecule has 0 N–H and O–H groups in total. The zero-order valence-electron chi connectivity index (χ0n) is 13.8.